The Morgan fingerprint density at radius 3 is 2.70 bits per heavy atom. The Morgan fingerprint density at radius 1 is 1.17 bits per heavy atom. The monoisotopic (exact) mass is 331 g/mol. The van der Waals surface area contributed by atoms with Crippen molar-refractivity contribution in [2.45, 2.75) is 19.3 Å². The van der Waals surface area contributed by atoms with Crippen LogP contribution in [-0.2, 0) is 17.6 Å². The zero-order valence-electron chi connectivity index (χ0n) is 12.8. The molecule has 1 amide bonds. The number of rotatable bonds is 5. The molecule has 2 nitrogen and oxygen atoms in total. The Morgan fingerprint density at radius 2 is 1.96 bits per heavy atom. The summed E-state index contributed by atoms with van der Waals surface area (Å²) in [6, 6.07) is 14.6. The Balaban J connectivity index is 1.58. The van der Waals surface area contributed by atoms with Gasteiger partial charge in [0.25, 0.3) is 0 Å². The smallest absolute Gasteiger partial charge is 0.226 e. The molecule has 1 heterocycles. The highest BCUT2D eigenvalue weighted by Crippen LogP contribution is 2.26. The SMILES string of the molecule is O=C1C(Cc2ccc(F)cc2Cl)CCN1CCc1ccccc1. The lowest BCUT2D eigenvalue weighted by atomic mass is 9.98. The van der Waals surface area contributed by atoms with Crippen LogP contribution in [0.15, 0.2) is 48.5 Å². The second-order valence-electron chi connectivity index (χ2n) is 5.99. The molecule has 0 saturated carbocycles. The van der Waals surface area contributed by atoms with Gasteiger partial charge in [0.15, 0.2) is 0 Å². The number of hydrogen-bond acceptors (Lipinski definition) is 1. The van der Waals surface area contributed by atoms with Gasteiger partial charge >= 0.3 is 0 Å². The zero-order chi connectivity index (χ0) is 16.2. The van der Waals surface area contributed by atoms with Gasteiger partial charge in [-0.3, -0.25) is 4.79 Å². The summed E-state index contributed by atoms with van der Waals surface area (Å²) in [5.74, 6) is -0.212. The van der Waals surface area contributed by atoms with Gasteiger partial charge in [-0.1, -0.05) is 48.0 Å². The largest absolute Gasteiger partial charge is 0.342 e. The summed E-state index contributed by atoms with van der Waals surface area (Å²) in [6.45, 7) is 1.53. The molecule has 1 aliphatic heterocycles. The summed E-state index contributed by atoms with van der Waals surface area (Å²) in [5.41, 5.74) is 2.08. The van der Waals surface area contributed by atoms with Crippen molar-refractivity contribution in [1.29, 1.82) is 0 Å². The first-order valence-electron chi connectivity index (χ1n) is 7.90. The standard InChI is InChI=1S/C19H19ClFNO/c20-18-13-17(21)7-6-15(18)12-16-9-11-22(19(16)23)10-8-14-4-2-1-3-5-14/h1-7,13,16H,8-12H2. The molecule has 0 radical (unpaired) electrons. The molecule has 0 aliphatic carbocycles. The normalized spacial score (nSPS) is 17.7. The van der Waals surface area contributed by atoms with Crippen LogP contribution in [0.25, 0.3) is 0 Å². The summed E-state index contributed by atoms with van der Waals surface area (Å²) in [6.07, 6.45) is 2.29. The summed E-state index contributed by atoms with van der Waals surface area (Å²) in [5, 5.41) is 0.403. The molecule has 1 fully saturated rings. The summed E-state index contributed by atoms with van der Waals surface area (Å²) in [4.78, 5) is 14.4. The van der Waals surface area contributed by atoms with E-state index in [0.29, 0.717) is 11.4 Å². The third kappa shape index (κ3) is 3.91. The van der Waals surface area contributed by atoms with Crippen LogP contribution >= 0.6 is 11.6 Å². The van der Waals surface area contributed by atoms with Crippen LogP contribution in [0.3, 0.4) is 0 Å². The van der Waals surface area contributed by atoms with Gasteiger partial charge in [-0.15, -0.1) is 0 Å². The van der Waals surface area contributed by atoms with Gasteiger partial charge in [-0.05, 0) is 42.5 Å². The fraction of sp³-hybridized carbons (Fsp3) is 0.316. The van der Waals surface area contributed by atoms with E-state index in [1.807, 2.05) is 23.1 Å². The average molecular weight is 332 g/mol. The molecule has 2 aromatic rings. The van der Waals surface area contributed by atoms with Crippen LogP contribution in [0.4, 0.5) is 4.39 Å². The van der Waals surface area contributed by atoms with Crippen molar-refractivity contribution in [3.8, 4) is 0 Å². The maximum Gasteiger partial charge on any atom is 0.226 e. The number of carbonyl (C=O) groups excluding carboxylic acids is 1. The lowest BCUT2D eigenvalue weighted by Gasteiger charge is -2.17. The second kappa shape index (κ2) is 7.14. The molecular formula is C19H19ClFNO. The van der Waals surface area contributed by atoms with Crippen LogP contribution in [0.2, 0.25) is 5.02 Å². The fourth-order valence-corrected chi connectivity index (χ4v) is 3.32. The van der Waals surface area contributed by atoms with Crippen molar-refractivity contribution < 1.29 is 9.18 Å². The fourth-order valence-electron chi connectivity index (χ4n) is 3.08. The molecule has 1 unspecified atom stereocenters. The maximum absolute atomic E-state index is 13.1. The molecule has 1 saturated heterocycles. The number of halogens is 2. The summed E-state index contributed by atoms with van der Waals surface area (Å²) < 4.78 is 13.1. The minimum Gasteiger partial charge on any atom is -0.342 e. The van der Waals surface area contributed by atoms with Crippen molar-refractivity contribution in [2.75, 3.05) is 13.1 Å². The number of hydrogen-bond donors (Lipinski definition) is 0. The van der Waals surface area contributed by atoms with E-state index >= 15 is 0 Å². The van der Waals surface area contributed by atoms with E-state index in [1.54, 1.807) is 6.07 Å². The van der Waals surface area contributed by atoms with Gasteiger partial charge in [-0.2, -0.15) is 0 Å². The Bertz CT molecular complexity index is 689. The minimum absolute atomic E-state index is 0.0475. The van der Waals surface area contributed by atoms with Gasteiger partial charge in [-0.25, -0.2) is 4.39 Å². The van der Waals surface area contributed by atoms with Crippen LogP contribution in [-0.4, -0.2) is 23.9 Å². The molecule has 2 aromatic carbocycles. The number of amides is 1. The molecule has 3 rings (SSSR count). The highest BCUT2D eigenvalue weighted by Gasteiger charge is 2.31. The van der Waals surface area contributed by atoms with E-state index in [0.717, 1.165) is 31.5 Å². The van der Waals surface area contributed by atoms with Crippen molar-refractivity contribution in [3.63, 3.8) is 0 Å². The number of likely N-dealkylation sites (tertiary alicyclic amines) is 1. The van der Waals surface area contributed by atoms with E-state index in [-0.39, 0.29) is 17.6 Å². The second-order valence-corrected chi connectivity index (χ2v) is 6.39. The van der Waals surface area contributed by atoms with Crippen molar-refractivity contribution >= 4 is 17.5 Å². The number of carbonyl (C=O) groups is 1. The predicted octanol–water partition coefficient (Wildman–Crippen LogP) is 4.11. The minimum atomic E-state index is -0.346. The summed E-state index contributed by atoms with van der Waals surface area (Å²) in [7, 11) is 0. The van der Waals surface area contributed by atoms with E-state index < -0.39 is 0 Å². The van der Waals surface area contributed by atoms with E-state index in [1.165, 1.54) is 17.7 Å². The van der Waals surface area contributed by atoms with Gasteiger partial charge in [0.1, 0.15) is 5.82 Å². The Kier molecular flexibility index (Phi) is 4.97. The third-order valence-corrected chi connectivity index (χ3v) is 4.75. The highest BCUT2D eigenvalue weighted by molar-refractivity contribution is 6.31. The number of benzene rings is 2. The van der Waals surface area contributed by atoms with Crippen LogP contribution < -0.4 is 0 Å². The molecule has 1 atom stereocenters. The Labute approximate surface area is 140 Å². The molecular weight excluding hydrogens is 313 g/mol. The number of nitrogens with zero attached hydrogens (tertiary/aromatic N) is 1. The molecule has 0 aromatic heterocycles. The Hall–Kier alpha value is -1.87. The van der Waals surface area contributed by atoms with E-state index in [9.17, 15) is 9.18 Å². The lowest BCUT2D eigenvalue weighted by Crippen LogP contribution is -2.30. The van der Waals surface area contributed by atoms with Crippen LogP contribution in [0, 0.1) is 11.7 Å². The highest BCUT2D eigenvalue weighted by atomic mass is 35.5. The first-order valence-corrected chi connectivity index (χ1v) is 8.28. The van der Waals surface area contributed by atoms with Crippen molar-refractivity contribution in [3.05, 3.63) is 70.5 Å². The molecule has 120 valence electrons. The van der Waals surface area contributed by atoms with Gasteiger partial charge in [0, 0.05) is 24.0 Å². The quantitative estimate of drug-likeness (QED) is 0.807. The first kappa shape index (κ1) is 16.0. The predicted molar refractivity (Wildman–Crippen MR) is 89.9 cm³/mol. The lowest BCUT2D eigenvalue weighted by molar-refractivity contribution is -0.130. The van der Waals surface area contributed by atoms with E-state index in [2.05, 4.69) is 12.1 Å². The molecule has 23 heavy (non-hydrogen) atoms. The third-order valence-electron chi connectivity index (χ3n) is 4.40. The molecule has 0 spiro atoms. The zero-order valence-corrected chi connectivity index (χ0v) is 13.6. The van der Waals surface area contributed by atoms with Gasteiger partial charge in [0.05, 0.1) is 0 Å². The molecule has 0 N–H and O–H groups in total. The van der Waals surface area contributed by atoms with E-state index in [4.69, 9.17) is 11.6 Å². The van der Waals surface area contributed by atoms with Crippen molar-refractivity contribution in [1.82, 2.24) is 4.90 Å². The van der Waals surface area contributed by atoms with Crippen molar-refractivity contribution in [2.24, 2.45) is 5.92 Å². The van der Waals surface area contributed by atoms with Gasteiger partial charge < -0.3 is 4.90 Å². The molecule has 4 heteroatoms. The molecule has 0 bridgehead atoms. The van der Waals surface area contributed by atoms with Gasteiger partial charge in [0.2, 0.25) is 5.91 Å². The average Bonchev–Trinajstić information content (AvgIpc) is 2.89. The summed E-state index contributed by atoms with van der Waals surface area (Å²) >= 11 is 6.07. The first-order chi connectivity index (χ1) is 11.1. The van der Waals surface area contributed by atoms with Crippen LogP contribution in [0.5, 0.6) is 0 Å². The maximum atomic E-state index is 13.1. The topological polar surface area (TPSA) is 20.3 Å². The molecule has 1 aliphatic rings. The van der Waals surface area contributed by atoms with Crippen LogP contribution in [0.1, 0.15) is 17.5 Å².